The minimum atomic E-state index is -4.85. The second-order valence-corrected chi connectivity index (χ2v) is 11.6. The maximum Gasteiger partial charge on any atom is 0.573 e. The van der Waals surface area contributed by atoms with Crippen LogP contribution in [0.15, 0.2) is 114 Å². The van der Waals surface area contributed by atoms with Gasteiger partial charge in [-0.2, -0.15) is 21.0 Å². The van der Waals surface area contributed by atoms with Crippen molar-refractivity contribution in [2.24, 2.45) is 0 Å². The summed E-state index contributed by atoms with van der Waals surface area (Å²) in [7, 11) is 0. The fourth-order valence-electron chi connectivity index (χ4n) is 6.18. The highest BCUT2D eigenvalue weighted by Crippen LogP contribution is 2.49. The van der Waals surface area contributed by atoms with Crippen molar-refractivity contribution in [2.75, 3.05) is 0 Å². The molecule has 0 saturated heterocycles. The van der Waals surface area contributed by atoms with E-state index in [0.717, 1.165) is 0 Å². The molecule has 0 N–H and O–H groups in total. The molecule has 0 aliphatic heterocycles. The SMILES string of the molecule is CC(=C(C#N)C#N)c1cc(-c2ccc(OC(F)(F)F)cc2)ccc1-c1ccc2c(c1)-c1ccc(-c3ccc(OC(F)(F)F)cc3)cc1C2=C(C#N)C#N. The standard InChI is InChI=1S/C41H20F6N4O2/c1-23(29(19-48)20-49)36-16-26(24-2-9-31(10-3-24)52-40(42,43)44)6-13-33(36)28-8-15-35-37(18-28)34-14-7-27(17-38(34)39(35)30(21-50)22-51)25-4-11-32(12-5-25)53-41(45,46)47/h2-18H,1H3. The Bertz CT molecular complexity index is 2490. The molecule has 6 nitrogen and oxygen atoms in total. The average molecular weight is 715 g/mol. The van der Waals surface area contributed by atoms with Crippen LogP contribution in [-0.4, -0.2) is 12.7 Å². The zero-order valence-electron chi connectivity index (χ0n) is 27.2. The van der Waals surface area contributed by atoms with E-state index in [1.807, 2.05) is 30.3 Å². The monoisotopic (exact) mass is 714 g/mol. The Morgan fingerprint density at radius 1 is 0.472 bits per heavy atom. The first-order valence-corrected chi connectivity index (χ1v) is 15.5. The van der Waals surface area contributed by atoms with E-state index >= 15 is 0 Å². The van der Waals surface area contributed by atoms with Gasteiger partial charge in [-0.15, -0.1) is 26.3 Å². The molecule has 1 aliphatic rings. The van der Waals surface area contributed by atoms with Crippen molar-refractivity contribution in [3.63, 3.8) is 0 Å². The molecule has 0 unspecified atom stereocenters. The first-order chi connectivity index (χ1) is 25.2. The maximum absolute atomic E-state index is 12.7. The van der Waals surface area contributed by atoms with Gasteiger partial charge in [0.25, 0.3) is 0 Å². The Kier molecular flexibility index (Phi) is 9.25. The summed E-state index contributed by atoms with van der Waals surface area (Å²) in [5.41, 5.74) is 7.05. The summed E-state index contributed by atoms with van der Waals surface area (Å²) in [6, 6.07) is 34.2. The molecule has 0 amide bonds. The van der Waals surface area contributed by atoms with Gasteiger partial charge in [-0.05, 0) is 116 Å². The summed E-state index contributed by atoms with van der Waals surface area (Å²) in [5, 5.41) is 39.2. The molecule has 0 saturated carbocycles. The maximum atomic E-state index is 12.7. The van der Waals surface area contributed by atoms with E-state index in [1.165, 1.54) is 48.5 Å². The normalized spacial score (nSPS) is 11.6. The molecule has 5 aromatic rings. The Morgan fingerprint density at radius 2 is 0.906 bits per heavy atom. The number of hydrogen-bond donors (Lipinski definition) is 0. The van der Waals surface area contributed by atoms with Gasteiger partial charge < -0.3 is 9.47 Å². The van der Waals surface area contributed by atoms with Gasteiger partial charge in [0.1, 0.15) is 46.9 Å². The van der Waals surface area contributed by atoms with Crippen LogP contribution in [0.3, 0.4) is 0 Å². The third-order valence-electron chi connectivity index (χ3n) is 8.52. The molecule has 0 fully saturated rings. The van der Waals surface area contributed by atoms with E-state index in [0.29, 0.717) is 72.3 Å². The van der Waals surface area contributed by atoms with E-state index in [9.17, 15) is 47.4 Å². The third kappa shape index (κ3) is 7.30. The number of halogens is 6. The summed E-state index contributed by atoms with van der Waals surface area (Å²) in [6.07, 6.45) is -9.70. The van der Waals surface area contributed by atoms with Crippen molar-refractivity contribution in [2.45, 2.75) is 19.6 Å². The van der Waals surface area contributed by atoms with Crippen LogP contribution < -0.4 is 9.47 Å². The highest BCUT2D eigenvalue weighted by atomic mass is 19.4. The number of alkyl halides is 6. The lowest BCUT2D eigenvalue weighted by atomic mass is 9.88. The molecular weight excluding hydrogens is 694 g/mol. The predicted octanol–water partition coefficient (Wildman–Crippen LogP) is 11.1. The summed E-state index contributed by atoms with van der Waals surface area (Å²) in [6.45, 7) is 1.61. The molecule has 12 heteroatoms. The van der Waals surface area contributed by atoms with Crippen LogP contribution in [-0.2, 0) is 0 Å². The van der Waals surface area contributed by atoms with E-state index in [2.05, 4.69) is 9.47 Å². The second kappa shape index (κ2) is 13.8. The number of rotatable bonds is 6. The smallest absolute Gasteiger partial charge is 0.406 e. The first-order valence-electron chi connectivity index (χ1n) is 15.5. The number of fused-ring (bicyclic) bond motifs is 3. The molecular formula is C41H20F6N4O2. The van der Waals surface area contributed by atoms with Gasteiger partial charge in [-0.25, -0.2) is 0 Å². The minimum absolute atomic E-state index is 0.146. The molecule has 5 aromatic carbocycles. The highest BCUT2D eigenvalue weighted by Gasteiger charge is 2.32. The lowest BCUT2D eigenvalue weighted by Gasteiger charge is -2.15. The fourth-order valence-corrected chi connectivity index (χ4v) is 6.18. The molecule has 258 valence electrons. The van der Waals surface area contributed by atoms with Crippen LogP contribution in [0.1, 0.15) is 23.6 Å². The van der Waals surface area contributed by atoms with Crippen LogP contribution in [0.5, 0.6) is 11.5 Å². The Balaban J connectivity index is 1.47. The van der Waals surface area contributed by atoms with Gasteiger partial charge in [0.05, 0.1) is 0 Å². The van der Waals surface area contributed by atoms with E-state index in [1.54, 1.807) is 55.5 Å². The van der Waals surface area contributed by atoms with Crippen molar-refractivity contribution in [3.8, 4) is 80.3 Å². The van der Waals surface area contributed by atoms with Gasteiger partial charge in [-0.1, -0.05) is 60.7 Å². The largest absolute Gasteiger partial charge is 0.573 e. The number of nitriles is 4. The van der Waals surface area contributed by atoms with Crippen molar-refractivity contribution in [1.29, 1.82) is 21.0 Å². The van der Waals surface area contributed by atoms with Gasteiger partial charge in [0.15, 0.2) is 0 Å². The van der Waals surface area contributed by atoms with E-state index in [-0.39, 0.29) is 16.9 Å². The molecule has 0 spiro atoms. The van der Waals surface area contributed by atoms with Crippen molar-refractivity contribution in [3.05, 3.63) is 131 Å². The molecule has 0 heterocycles. The summed E-state index contributed by atoms with van der Waals surface area (Å²) < 4.78 is 84.2. The van der Waals surface area contributed by atoms with E-state index < -0.39 is 18.5 Å². The molecule has 6 rings (SSSR count). The quantitative estimate of drug-likeness (QED) is 0.125. The molecule has 0 atom stereocenters. The minimum Gasteiger partial charge on any atom is -0.406 e. The molecule has 1 aliphatic carbocycles. The second-order valence-electron chi connectivity index (χ2n) is 11.6. The lowest BCUT2D eigenvalue weighted by molar-refractivity contribution is -0.275. The van der Waals surface area contributed by atoms with Crippen molar-refractivity contribution in [1.82, 2.24) is 0 Å². The van der Waals surface area contributed by atoms with Crippen LogP contribution in [0.4, 0.5) is 26.3 Å². The van der Waals surface area contributed by atoms with E-state index in [4.69, 9.17) is 0 Å². The Morgan fingerprint density at radius 3 is 1.40 bits per heavy atom. The van der Waals surface area contributed by atoms with Crippen LogP contribution >= 0.6 is 0 Å². The predicted molar refractivity (Wildman–Crippen MR) is 183 cm³/mol. The van der Waals surface area contributed by atoms with Gasteiger partial charge in [-0.3, -0.25) is 0 Å². The summed E-state index contributed by atoms with van der Waals surface area (Å²) >= 11 is 0. The number of benzene rings is 5. The number of hydrogen-bond acceptors (Lipinski definition) is 6. The lowest BCUT2D eigenvalue weighted by Crippen LogP contribution is -2.16. The Hall–Kier alpha value is -7.28. The van der Waals surface area contributed by atoms with Crippen LogP contribution in [0.2, 0.25) is 0 Å². The summed E-state index contributed by atoms with van der Waals surface area (Å²) in [4.78, 5) is 0. The van der Waals surface area contributed by atoms with Gasteiger partial charge in [0.2, 0.25) is 0 Å². The number of nitrogens with zero attached hydrogens (tertiary/aromatic N) is 4. The molecule has 0 aromatic heterocycles. The van der Waals surface area contributed by atoms with Gasteiger partial charge >= 0.3 is 12.7 Å². The zero-order chi connectivity index (χ0) is 38.1. The topological polar surface area (TPSA) is 114 Å². The van der Waals surface area contributed by atoms with Crippen LogP contribution in [0, 0.1) is 45.3 Å². The molecule has 0 radical (unpaired) electrons. The van der Waals surface area contributed by atoms with Crippen molar-refractivity contribution < 1.29 is 35.8 Å². The summed E-state index contributed by atoms with van der Waals surface area (Å²) in [5.74, 6) is -0.782. The third-order valence-corrected chi connectivity index (χ3v) is 8.52. The fraction of sp³-hybridized carbons (Fsp3) is 0.0732. The number of ether oxygens (including phenoxy) is 2. The number of allylic oxidation sites excluding steroid dienone is 3. The Labute approximate surface area is 298 Å². The zero-order valence-corrected chi connectivity index (χ0v) is 27.2. The first kappa shape index (κ1) is 35.5. The van der Waals surface area contributed by atoms with Crippen molar-refractivity contribution >= 4 is 11.1 Å². The molecule has 53 heavy (non-hydrogen) atoms. The average Bonchev–Trinajstić information content (AvgIpc) is 3.44. The highest BCUT2D eigenvalue weighted by molar-refractivity contribution is 6.06. The van der Waals surface area contributed by atoms with Crippen LogP contribution in [0.25, 0.3) is 55.7 Å². The van der Waals surface area contributed by atoms with Gasteiger partial charge in [0, 0.05) is 5.57 Å². The molecule has 0 bridgehead atoms.